The zero-order chi connectivity index (χ0) is 11.7. The van der Waals surface area contributed by atoms with Crippen LogP contribution in [0.5, 0.6) is 0 Å². The molecule has 0 bridgehead atoms. The fourth-order valence-corrected chi connectivity index (χ4v) is 2.41. The Morgan fingerprint density at radius 1 is 1.56 bits per heavy atom. The molecule has 5 nitrogen and oxygen atoms in total. The number of aryl methyl sites for hydroxylation is 2. The Balaban J connectivity index is 2.46. The number of esters is 1. The van der Waals surface area contributed by atoms with Gasteiger partial charge in [0.15, 0.2) is 0 Å². The third-order valence-corrected chi connectivity index (χ3v) is 3.37. The molecule has 0 unspecified atom stereocenters. The Morgan fingerprint density at radius 3 is 2.88 bits per heavy atom. The van der Waals surface area contributed by atoms with Crippen LogP contribution in [0, 0.1) is 6.92 Å². The lowest BCUT2D eigenvalue weighted by Crippen LogP contribution is -1.99. The van der Waals surface area contributed by atoms with Gasteiger partial charge in [-0.05, 0) is 13.0 Å². The third kappa shape index (κ3) is 1.71. The van der Waals surface area contributed by atoms with Crippen LogP contribution in [0.1, 0.15) is 15.4 Å². The van der Waals surface area contributed by atoms with E-state index in [9.17, 15) is 4.79 Å². The van der Waals surface area contributed by atoms with Gasteiger partial charge in [0.1, 0.15) is 9.88 Å². The highest BCUT2D eigenvalue weighted by atomic mass is 32.1. The van der Waals surface area contributed by atoms with Crippen LogP contribution >= 0.6 is 11.3 Å². The van der Waals surface area contributed by atoms with Gasteiger partial charge in [0, 0.05) is 13.2 Å². The molecule has 0 amide bonds. The summed E-state index contributed by atoms with van der Waals surface area (Å²) in [5.74, 6) is -0.344. The Bertz CT molecular complexity index is 530. The summed E-state index contributed by atoms with van der Waals surface area (Å²) in [7, 11) is 3.20. The van der Waals surface area contributed by atoms with Crippen LogP contribution in [0.4, 0.5) is 0 Å². The molecule has 0 saturated heterocycles. The number of ether oxygens (including phenoxy) is 1. The van der Waals surface area contributed by atoms with Gasteiger partial charge in [-0.15, -0.1) is 11.3 Å². The standard InChI is InChI=1S/C10H11N3O2S/c1-6-8(10(14)15-3)16-9(12-6)7-4-5-11-13(7)2/h4-5H,1-3H3. The second kappa shape index (κ2) is 4.05. The topological polar surface area (TPSA) is 57.0 Å². The molecule has 0 radical (unpaired) electrons. The van der Waals surface area contributed by atoms with Crippen molar-refractivity contribution < 1.29 is 9.53 Å². The first kappa shape index (κ1) is 10.8. The maximum absolute atomic E-state index is 11.4. The van der Waals surface area contributed by atoms with E-state index in [1.54, 1.807) is 17.8 Å². The lowest BCUT2D eigenvalue weighted by molar-refractivity contribution is 0.0605. The van der Waals surface area contributed by atoms with Gasteiger partial charge in [-0.2, -0.15) is 5.10 Å². The lowest BCUT2D eigenvalue weighted by Gasteiger charge is -1.95. The zero-order valence-corrected chi connectivity index (χ0v) is 10.0. The van der Waals surface area contributed by atoms with E-state index in [2.05, 4.69) is 14.8 Å². The summed E-state index contributed by atoms with van der Waals surface area (Å²) in [6, 6.07) is 1.86. The van der Waals surface area contributed by atoms with Crippen LogP contribution in [0.3, 0.4) is 0 Å². The molecule has 2 heterocycles. The number of thiazole rings is 1. The van der Waals surface area contributed by atoms with Gasteiger partial charge in [-0.1, -0.05) is 0 Å². The Hall–Kier alpha value is -1.69. The first-order valence-corrected chi connectivity index (χ1v) is 5.49. The molecule has 2 aromatic rings. The molecule has 6 heteroatoms. The summed E-state index contributed by atoms with van der Waals surface area (Å²) >= 11 is 1.32. The number of aromatic nitrogens is 3. The van der Waals surface area contributed by atoms with Crippen molar-refractivity contribution in [3.05, 3.63) is 22.8 Å². The summed E-state index contributed by atoms with van der Waals surface area (Å²) in [5, 5.41) is 4.84. The van der Waals surface area contributed by atoms with Crippen LogP contribution in [-0.2, 0) is 11.8 Å². The molecule has 0 spiro atoms. The van der Waals surface area contributed by atoms with Crippen molar-refractivity contribution in [1.29, 1.82) is 0 Å². The highest BCUT2D eigenvalue weighted by Crippen LogP contribution is 2.27. The number of hydrogen-bond donors (Lipinski definition) is 0. The van der Waals surface area contributed by atoms with Gasteiger partial charge in [-0.25, -0.2) is 9.78 Å². The summed E-state index contributed by atoms with van der Waals surface area (Å²) < 4.78 is 6.41. The van der Waals surface area contributed by atoms with Gasteiger partial charge in [0.2, 0.25) is 0 Å². The molecule has 0 fully saturated rings. The molecule has 0 aliphatic heterocycles. The first-order valence-electron chi connectivity index (χ1n) is 4.67. The van der Waals surface area contributed by atoms with E-state index < -0.39 is 0 Å². The normalized spacial score (nSPS) is 10.4. The van der Waals surface area contributed by atoms with Gasteiger partial charge < -0.3 is 4.74 Å². The highest BCUT2D eigenvalue weighted by molar-refractivity contribution is 7.17. The Kier molecular flexibility index (Phi) is 2.74. The predicted molar refractivity (Wildman–Crippen MR) is 60.4 cm³/mol. The molecule has 0 aromatic carbocycles. The average molecular weight is 237 g/mol. The van der Waals surface area contributed by atoms with Crippen molar-refractivity contribution in [3.8, 4) is 10.7 Å². The summed E-state index contributed by atoms with van der Waals surface area (Å²) in [6.45, 7) is 1.79. The molecular formula is C10H11N3O2S. The van der Waals surface area contributed by atoms with Crippen molar-refractivity contribution in [2.24, 2.45) is 7.05 Å². The molecule has 2 aromatic heterocycles. The second-order valence-electron chi connectivity index (χ2n) is 3.27. The monoisotopic (exact) mass is 237 g/mol. The van der Waals surface area contributed by atoms with E-state index in [-0.39, 0.29) is 5.97 Å². The van der Waals surface area contributed by atoms with Gasteiger partial charge >= 0.3 is 5.97 Å². The van der Waals surface area contributed by atoms with E-state index in [0.717, 1.165) is 10.7 Å². The van der Waals surface area contributed by atoms with Crippen LogP contribution in [0.25, 0.3) is 10.7 Å². The highest BCUT2D eigenvalue weighted by Gasteiger charge is 2.17. The predicted octanol–water partition coefficient (Wildman–Crippen LogP) is 1.64. The van der Waals surface area contributed by atoms with Gasteiger partial charge in [0.25, 0.3) is 0 Å². The molecular weight excluding hydrogens is 226 g/mol. The Labute approximate surface area is 96.7 Å². The number of nitrogens with zero attached hydrogens (tertiary/aromatic N) is 3. The van der Waals surface area contributed by atoms with Crippen LogP contribution < -0.4 is 0 Å². The minimum atomic E-state index is -0.344. The number of carbonyl (C=O) groups excluding carboxylic acids is 1. The van der Waals surface area contributed by atoms with E-state index in [1.807, 2.05) is 13.1 Å². The quantitative estimate of drug-likeness (QED) is 0.745. The Morgan fingerprint density at radius 2 is 2.31 bits per heavy atom. The minimum Gasteiger partial charge on any atom is -0.465 e. The minimum absolute atomic E-state index is 0.344. The van der Waals surface area contributed by atoms with E-state index >= 15 is 0 Å². The molecule has 0 N–H and O–H groups in total. The summed E-state index contributed by atoms with van der Waals surface area (Å²) in [4.78, 5) is 16.3. The number of rotatable bonds is 2. The van der Waals surface area contributed by atoms with Crippen molar-refractivity contribution in [1.82, 2.24) is 14.8 Å². The molecule has 2 rings (SSSR count). The molecule has 0 saturated carbocycles. The van der Waals surface area contributed by atoms with E-state index in [0.29, 0.717) is 10.6 Å². The number of carbonyl (C=O) groups is 1. The smallest absolute Gasteiger partial charge is 0.349 e. The molecule has 16 heavy (non-hydrogen) atoms. The second-order valence-corrected chi connectivity index (χ2v) is 4.26. The fraction of sp³-hybridized carbons (Fsp3) is 0.300. The lowest BCUT2D eigenvalue weighted by atomic mass is 10.4. The summed E-state index contributed by atoms with van der Waals surface area (Å²) in [5.41, 5.74) is 1.58. The SMILES string of the molecule is COC(=O)c1sc(-c2ccnn2C)nc1C. The van der Waals surface area contributed by atoms with Gasteiger partial charge in [-0.3, -0.25) is 4.68 Å². The zero-order valence-electron chi connectivity index (χ0n) is 9.22. The van der Waals surface area contributed by atoms with Crippen LogP contribution in [-0.4, -0.2) is 27.8 Å². The largest absolute Gasteiger partial charge is 0.465 e. The third-order valence-electron chi connectivity index (χ3n) is 2.21. The van der Waals surface area contributed by atoms with Gasteiger partial charge in [0.05, 0.1) is 18.5 Å². The maximum Gasteiger partial charge on any atom is 0.349 e. The van der Waals surface area contributed by atoms with Crippen molar-refractivity contribution in [2.45, 2.75) is 6.92 Å². The molecule has 0 aliphatic rings. The van der Waals surface area contributed by atoms with E-state index in [1.165, 1.54) is 18.4 Å². The maximum atomic E-state index is 11.4. The number of methoxy groups -OCH3 is 1. The van der Waals surface area contributed by atoms with Crippen molar-refractivity contribution in [2.75, 3.05) is 7.11 Å². The molecule has 0 atom stereocenters. The van der Waals surface area contributed by atoms with Crippen LogP contribution in [0.2, 0.25) is 0 Å². The average Bonchev–Trinajstić information content (AvgIpc) is 2.83. The molecule has 84 valence electrons. The summed E-state index contributed by atoms with van der Waals surface area (Å²) in [6.07, 6.45) is 1.70. The first-order chi connectivity index (χ1) is 7.63. The van der Waals surface area contributed by atoms with Crippen molar-refractivity contribution >= 4 is 17.3 Å². The fourth-order valence-electron chi connectivity index (χ4n) is 1.37. The number of hydrogen-bond acceptors (Lipinski definition) is 5. The van der Waals surface area contributed by atoms with Crippen LogP contribution in [0.15, 0.2) is 12.3 Å². The van der Waals surface area contributed by atoms with E-state index in [4.69, 9.17) is 0 Å². The molecule has 0 aliphatic carbocycles. The van der Waals surface area contributed by atoms with Crippen molar-refractivity contribution in [3.63, 3.8) is 0 Å².